The Morgan fingerprint density at radius 2 is 1.42 bits per heavy atom. The third-order valence-electron chi connectivity index (χ3n) is 6.57. The minimum absolute atomic E-state index is 0. The molecule has 2 unspecified atom stereocenters. The second-order valence-corrected chi connectivity index (χ2v) is 8.27. The number of ether oxygens (including phenoxy) is 3. The van der Waals surface area contributed by atoms with Gasteiger partial charge >= 0.3 is 5.97 Å². The average molecular weight is 444 g/mol. The van der Waals surface area contributed by atoms with Crippen LogP contribution in [0.4, 0.5) is 0 Å². The van der Waals surface area contributed by atoms with Crippen molar-refractivity contribution < 1.29 is 36.3 Å². The summed E-state index contributed by atoms with van der Waals surface area (Å²) in [5, 5.41) is 0. The van der Waals surface area contributed by atoms with Crippen molar-refractivity contribution >= 4 is 17.6 Å². The molecule has 2 aromatic rings. The van der Waals surface area contributed by atoms with Crippen LogP contribution in [0.15, 0.2) is 48.5 Å². The lowest BCUT2D eigenvalue weighted by molar-refractivity contribution is -0.923. The minimum Gasteiger partial charge on any atom is -1.00 e. The van der Waals surface area contributed by atoms with Gasteiger partial charge in [0.1, 0.15) is 17.6 Å². The molecule has 4 rings (SSSR count). The zero-order valence-corrected chi connectivity index (χ0v) is 19.0. The van der Waals surface area contributed by atoms with Crippen molar-refractivity contribution in [3.05, 3.63) is 59.7 Å². The smallest absolute Gasteiger partial charge is 0.339 e. The topological polar surface area (TPSA) is 49.2 Å². The van der Waals surface area contributed by atoms with E-state index < -0.39 is 0 Å². The molecule has 5 nitrogen and oxygen atoms in total. The van der Waals surface area contributed by atoms with Crippen molar-refractivity contribution in [1.29, 1.82) is 0 Å². The molecule has 6 heteroatoms. The molecule has 0 saturated carbocycles. The number of esters is 1. The highest BCUT2D eigenvalue weighted by molar-refractivity contribution is 6.21. The summed E-state index contributed by atoms with van der Waals surface area (Å²) in [6.45, 7) is 0. The lowest BCUT2D eigenvalue weighted by atomic mass is 9.99. The van der Waals surface area contributed by atoms with Crippen LogP contribution in [0, 0.1) is 0 Å². The van der Waals surface area contributed by atoms with Crippen LogP contribution >= 0.6 is 0 Å². The summed E-state index contributed by atoms with van der Waals surface area (Å²) < 4.78 is 16.5. The molecule has 1 N–H and O–H groups in total. The minimum atomic E-state index is -0.264. The molecule has 0 radical (unpaired) electrons. The van der Waals surface area contributed by atoms with Crippen LogP contribution in [0.25, 0.3) is 11.6 Å². The second-order valence-electron chi connectivity index (χ2n) is 8.27. The number of halogens is 1. The monoisotopic (exact) mass is 443 g/mol. The lowest BCUT2D eigenvalue weighted by Gasteiger charge is -2.33. The van der Waals surface area contributed by atoms with Crippen molar-refractivity contribution in [2.45, 2.75) is 43.9 Å². The number of methoxy groups -OCH3 is 2. The maximum Gasteiger partial charge on any atom is 0.339 e. The standard InChI is InChI=1S/C25H29NO4.ClH/c1-26-19-8-9-20(26)16-23(15-19)30-25(27)24(18-6-12-22(29-3)13-7-18)14-17-4-10-21(28-2)11-5-17;/h4-7,10-14,19-20,23H,8-9,15-16H2,1-3H3;1H/b24-14+;. The van der Waals surface area contributed by atoms with Crippen LogP contribution in [0.2, 0.25) is 0 Å². The first-order valence-corrected chi connectivity index (χ1v) is 10.6. The third kappa shape index (κ3) is 5.23. The molecular weight excluding hydrogens is 414 g/mol. The Hall–Kier alpha value is -2.50. The van der Waals surface area contributed by atoms with Gasteiger partial charge in [-0.1, -0.05) is 24.3 Å². The summed E-state index contributed by atoms with van der Waals surface area (Å²) in [4.78, 5) is 14.9. The van der Waals surface area contributed by atoms with E-state index in [1.54, 1.807) is 19.1 Å². The fourth-order valence-corrected chi connectivity index (χ4v) is 4.74. The van der Waals surface area contributed by atoms with E-state index >= 15 is 0 Å². The van der Waals surface area contributed by atoms with Crippen molar-refractivity contribution in [3.8, 4) is 11.5 Å². The largest absolute Gasteiger partial charge is 1.00 e. The molecule has 2 fully saturated rings. The van der Waals surface area contributed by atoms with Crippen molar-refractivity contribution in [2.24, 2.45) is 0 Å². The van der Waals surface area contributed by atoms with E-state index in [0.29, 0.717) is 17.7 Å². The predicted octanol–water partition coefficient (Wildman–Crippen LogP) is -0.000300. The summed E-state index contributed by atoms with van der Waals surface area (Å²) in [7, 11) is 5.54. The molecule has 31 heavy (non-hydrogen) atoms. The first-order chi connectivity index (χ1) is 14.6. The number of carbonyl (C=O) groups is 1. The molecule has 0 amide bonds. The number of fused-ring (bicyclic) bond motifs is 2. The number of hydrogen-bond acceptors (Lipinski definition) is 4. The van der Waals surface area contributed by atoms with Gasteiger partial charge in [-0.2, -0.15) is 0 Å². The van der Waals surface area contributed by atoms with Gasteiger partial charge in [0.15, 0.2) is 0 Å². The van der Waals surface area contributed by atoms with Crippen LogP contribution in [0.5, 0.6) is 11.5 Å². The van der Waals surface area contributed by atoms with E-state index in [1.165, 1.54) is 12.8 Å². The predicted molar refractivity (Wildman–Crippen MR) is 117 cm³/mol. The summed E-state index contributed by atoms with van der Waals surface area (Å²) >= 11 is 0. The Bertz CT molecular complexity index is 896. The van der Waals surface area contributed by atoms with Gasteiger partial charge in [-0.3, -0.25) is 0 Å². The number of carbonyl (C=O) groups excluding carboxylic acids is 1. The van der Waals surface area contributed by atoms with Gasteiger partial charge in [-0.25, -0.2) is 4.79 Å². The summed E-state index contributed by atoms with van der Waals surface area (Å²) in [5.41, 5.74) is 2.30. The van der Waals surface area contributed by atoms with Crippen LogP contribution < -0.4 is 26.8 Å². The zero-order chi connectivity index (χ0) is 21.1. The van der Waals surface area contributed by atoms with Crippen LogP contribution in [-0.4, -0.2) is 45.4 Å². The molecular formula is C25H30ClNO4. The molecule has 2 bridgehead atoms. The molecule has 2 aromatic carbocycles. The molecule has 2 heterocycles. The van der Waals surface area contributed by atoms with Gasteiger partial charge < -0.3 is 31.5 Å². The van der Waals surface area contributed by atoms with Gasteiger partial charge in [0.2, 0.25) is 0 Å². The average Bonchev–Trinajstić information content (AvgIpc) is 2.98. The van der Waals surface area contributed by atoms with E-state index in [-0.39, 0.29) is 24.5 Å². The Kier molecular flexibility index (Phi) is 7.63. The molecule has 2 saturated heterocycles. The number of benzene rings is 2. The Morgan fingerprint density at radius 3 is 1.94 bits per heavy atom. The first kappa shape index (κ1) is 23.2. The van der Waals surface area contributed by atoms with Crippen LogP contribution in [0.1, 0.15) is 36.8 Å². The molecule has 166 valence electrons. The molecule has 0 spiro atoms. The number of quaternary nitrogens is 1. The Morgan fingerprint density at radius 1 is 0.903 bits per heavy atom. The van der Waals surface area contributed by atoms with E-state index in [1.807, 2.05) is 54.6 Å². The highest BCUT2D eigenvalue weighted by atomic mass is 35.5. The Balaban J connectivity index is 0.00000272. The Labute approximate surface area is 190 Å². The number of rotatable bonds is 6. The number of nitrogens with one attached hydrogen (secondary N) is 1. The maximum atomic E-state index is 13.3. The number of hydrogen-bond donors (Lipinski definition) is 1. The van der Waals surface area contributed by atoms with E-state index in [9.17, 15) is 4.79 Å². The van der Waals surface area contributed by atoms with Crippen LogP contribution in [-0.2, 0) is 9.53 Å². The third-order valence-corrected chi connectivity index (χ3v) is 6.57. The quantitative estimate of drug-likeness (QED) is 0.388. The van der Waals surface area contributed by atoms with Gasteiger partial charge in [0.25, 0.3) is 0 Å². The summed E-state index contributed by atoms with van der Waals surface area (Å²) in [6.07, 6.45) is 6.25. The van der Waals surface area contributed by atoms with E-state index in [0.717, 1.165) is 35.5 Å². The summed E-state index contributed by atoms with van der Waals surface area (Å²) in [6, 6.07) is 16.4. The SMILES string of the molecule is COc1ccc(/C=C(/C(=O)OC2CC3CCC(C2)[NH+]3C)c2ccc(OC)cc2)cc1.[Cl-]. The van der Waals surface area contributed by atoms with Gasteiger partial charge in [0, 0.05) is 25.7 Å². The highest BCUT2D eigenvalue weighted by Crippen LogP contribution is 2.28. The van der Waals surface area contributed by atoms with Gasteiger partial charge in [-0.15, -0.1) is 0 Å². The zero-order valence-electron chi connectivity index (χ0n) is 18.3. The van der Waals surface area contributed by atoms with E-state index in [2.05, 4.69) is 7.05 Å². The molecule has 0 aromatic heterocycles. The van der Waals surface area contributed by atoms with Crippen molar-refractivity contribution in [2.75, 3.05) is 21.3 Å². The second kappa shape index (κ2) is 10.2. The van der Waals surface area contributed by atoms with Gasteiger partial charge in [0.05, 0.1) is 38.9 Å². The van der Waals surface area contributed by atoms with Gasteiger partial charge in [-0.05, 0) is 41.5 Å². The number of piperidine rings is 1. The highest BCUT2D eigenvalue weighted by Gasteiger charge is 2.43. The molecule has 2 aliphatic rings. The summed E-state index contributed by atoms with van der Waals surface area (Å²) in [5.74, 6) is 1.27. The lowest BCUT2D eigenvalue weighted by Crippen LogP contribution is -3.15. The molecule has 2 aliphatic heterocycles. The molecule has 2 atom stereocenters. The van der Waals surface area contributed by atoms with Crippen molar-refractivity contribution in [3.63, 3.8) is 0 Å². The van der Waals surface area contributed by atoms with E-state index in [4.69, 9.17) is 14.2 Å². The van der Waals surface area contributed by atoms with Crippen LogP contribution in [0.3, 0.4) is 0 Å². The fraction of sp³-hybridized carbons (Fsp3) is 0.400. The molecule has 0 aliphatic carbocycles. The van der Waals surface area contributed by atoms with Crippen molar-refractivity contribution in [1.82, 2.24) is 0 Å². The normalized spacial score (nSPS) is 24.8. The first-order valence-electron chi connectivity index (χ1n) is 10.6. The maximum absolute atomic E-state index is 13.3. The fourth-order valence-electron chi connectivity index (χ4n) is 4.74.